The van der Waals surface area contributed by atoms with E-state index in [2.05, 4.69) is 22.1 Å². The van der Waals surface area contributed by atoms with Crippen LogP contribution in [0.1, 0.15) is 38.1 Å². The predicted molar refractivity (Wildman–Crippen MR) is 95.5 cm³/mol. The van der Waals surface area contributed by atoms with Crippen molar-refractivity contribution in [3.8, 4) is 11.3 Å². The zero-order chi connectivity index (χ0) is 17.1. The van der Waals surface area contributed by atoms with Crippen molar-refractivity contribution >= 4 is 5.91 Å². The fraction of sp³-hybridized carbons (Fsp3) is 0.474. The number of piperidine rings is 1. The predicted octanol–water partition coefficient (Wildman–Crippen LogP) is 3.08. The van der Waals surface area contributed by atoms with Crippen LogP contribution in [0.25, 0.3) is 11.3 Å². The van der Waals surface area contributed by atoms with Crippen molar-refractivity contribution in [2.75, 3.05) is 20.6 Å². The molecule has 0 spiro atoms. The van der Waals surface area contributed by atoms with E-state index in [-0.39, 0.29) is 18.0 Å². The first kappa shape index (κ1) is 16.7. The van der Waals surface area contributed by atoms with Crippen LogP contribution < -0.4 is 0 Å². The van der Waals surface area contributed by atoms with Crippen LogP contribution in [0.3, 0.4) is 0 Å². The lowest BCUT2D eigenvalue weighted by Crippen LogP contribution is -2.47. The maximum Gasteiger partial charge on any atom is 0.240 e. The molecule has 0 saturated carbocycles. The summed E-state index contributed by atoms with van der Waals surface area (Å²) in [4.78, 5) is 24.8. The Labute approximate surface area is 143 Å². The van der Waals surface area contributed by atoms with E-state index in [1.54, 1.807) is 0 Å². The summed E-state index contributed by atoms with van der Waals surface area (Å²) in [6.45, 7) is 2.77. The number of imidazole rings is 1. The SMILES string of the molecule is CC(C(=O)N1CCCCC1c1ncc(-c2ccccc2)[nH]1)N(C)C. The number of benzene rings is 1. The third kappa shape index (κ3) is 3.36. The Morgan fingerprint density at radius 2 is 2.04 bits per heavy atom. The number of likely N-dealkylation sites (tertiary alicyclic amines) is 1. The van der Waals surface area contributed by atoms with Crippen molar-refractivity contribution in [3.63, 3.8) is 0 Å². The van der Waals surface area contributed by atoms with E-state index in [1.807, 2.05) is 55.2 Å². The summed E-state index contributed by atoms with van der Waals surface area (Å²) in [5, 5.41) is 0. The van der Waals surface area contributed by atoms with Crippen molar-refractivity contribution in [1.82, 2.24) is 19.8 Å². The van der Waals surface area contributed by atoms with Gasteiger partial charge in [-0.3, -0.25) is 9.69 Å². The lowest BCUT2D eigenvalue weighted by Gasteiger charge is -2.37. The molecule has 1 aliphatic rings. The van der Waals surface area contributed by atoms with Crippen LogP contribution in [-0.4, -0.2) is 52.4 Å². The van der Waals surface area contributed by atoms with Gasteiger partial charge < -0.3 is 9.88 Å². The van der Waals surface area contributed by atoms with Gasteiger partial charge >= 0.3 is 0 Å². The lowest BCUT2D eigenvalue weighted by molar-refractivity contribution is -0.139. The number of hydrogen-bond donors (Lipinski definition) is 1. The highest BCUT2D eigenvalue weighted by molar-refractivity contribution is 5.82. The minimum Gasteiger partial charge on any atom is -0.340 e. The van der Waals surface area contributed by atoms with Gasteiger partial charge in [-0.2, -0.15) is 0 Å². The Bertz CT molecular complexity index is 680. The molecule has 1 saturated heterocycles. The van der Waals surface area contributed by atoms with Gasteiger partial charge in [0.15, 0.2) is 0 Å². The van der Waals surface area contributed by atoms with Gasteiger partial charge in [-0.15, -0.1) is 0 Å². The number of H-pyrrole nitrogens is 1. The highest BCUT2D eigenvalue weighted by Gasteiger charge is 2.32. The second-order valence-electron chi connectivity index (χ2n) is 6.73. The van der Waals surface area contributed by atoms with Gasteiger partial charge in [-0.1, -0.05) is 30.3 Å². The maximum absolute atomic E-state index is 12.8. The zero-order valence-corrected chi connectivity index (χ0v) is 14.7. The number of aromatic amines is 1. The molecule has 1 N–H and O–H groups in total. The van der Waals surface area contributed by atoms with Crippen LogP contribution in [0, 0.1) is 0 Å². The van der Waals surface area contributed by atoms with E-state index in [0.717, 1.165) is 42.9 Å². The number of nitrogens with zero attached hydrogens (tertiary/aromatic N) is 3. The highest BCUT2D eigenvalue weighted by Crippen LogP contribution is 2.31. The monoisotopic (exact) mass is 326 g/mol. The van der Waals surface area contributed by atoms with Gasteiger partial charge in [0.2, 0.25) is 5.91 Å². The topological polar surface area (TPSA) is 52.2 Å². The van der Waals surface area contributed by atoms with Crippen molar-refractivity contribution in [3.05, 3.63) is 42.4 Å². The number of aromatic nitrogens is 2. The third-order valence-electron chi connectivity index (χ3n) is 4.91. The number of nitrogens with one attached hydrogen (secondary N) is 1. The summed E-state index contributed by atoms with van der Waals surface area (Å²) in [6.07, 6.45) is 5.03. The molecule has 24 heavy (non-hydrogen) atoms. The maximum atomic E-state index is 12.8. The van der Waals surface area contributed by atoms with E-state index in [0.29, 0.717) is 0 Å². The quantitative estimate of drug-likeness (QED) is 0.939. The smallest absolute Gasteiger partial charge is 0.240 e. The van der Waals surface area contributed by atoms with Gasteiger partial charge in [0, 0.05) is 6.54 Å². The Kier molecular flexibility index (Phi) is 5.00. The summed E-state index contributed by atoms with van der Waals surface area (Å²) < 4.78 is 0. The summed E-state index contributed by atoms with van der Waals surface area (Å²) in [7, 11) is 3.89. The molecule has 0 aliphatic carbocycles. The van der Waals surface area contributed by atoms with Gasteiger partial charge in [0.25, 0.3) is 0 Å². The molecular weight excluding hydrogens is 300 g/mol. The van der Waals surface area contributed by atoms with Crippen LogP contribution in [0.4, 0.5) is 0 Å². The minimum absolute atomic E-state index is 0.0473. The van der Waals surface area contributed by atoms with Crippen molar-refractivity contribution in [1.29, 1.82) is 0 Å². The van der Waals surface area contributed by atoms with E-state index in [1.165, 1.54) is 0 Å². The van der Waals surface area contributed by atoms with Crippen LogP contribution in [0.5, 0.6) is 0 Å². The molecule has 5 heteroatoms. The number of amides is 1. The molecule has 0 bridgehead atoms. The first-order valence-corrected chi connectivity index (χ1v) is 8.65. The molecule has 1 fully saturated rings. The average molecular weight is 326 g/mol. The van der Waals surface area contributed by atoms with E-state index in [4.69, 9.17) is 0 Å². The number of carbonyl (C=O) groups is 1. The zero-order valence-electron chi connectivity index (χ0n) is 14.7. The van der Waals surface area contributed by atoms with Gasteiger partial charge in [0.1, 0.15) is 5.82 Å². The Hall–Kier alpha value is -2.14. The van der Waals surface area contributed by atoms with Crippen molar-refractivity contribution in [2.45, 2.75) is 38.3 Å². The Morgan fingerprint density at radius 3 is 2.75 bits per heavy atom. The number of likely N-dealkylation sites (N-methyl/N-ethyl adjacent to an activating group) is 1. The summed E-state index contributed by atoms with van der Waals surface area (Å²) in [5.74, 6) is 1.08. The largest absolute Gasteiger partial charge is 0.340 e. The Morgan fingerprint density at radius 1 is 1.29 bits per heavy atom. The molecule has 128 valence electrons. The van der Waals surface area contributed by atoms with Crippen molar-refractivity contribution in [2.24, 2.45) is 0 Å². The Balaban J connectivity index is 1.84. The van der Waals surface area contributed by atoms with Crippen molar-refractivity contribution < 1.29 is 4.79 Å². The third-order valence-corrected chi connectivity index (χ3v) is 4.91. The summed E-state index contributed by atoms with van der Waals surface area (Å²) >= 11 is 0. The van der Waals surface area contributed by atoms with Crippen LogP contribution in [0.15, 0.2) is 36.5 Å². The molecule has 0 radical (unpaired) electrons. The molecule has 2 heterocycles. The molecule has 2 unspecified atom stereocenters. The number of carbonyl (C=O) groups excluding carboxylic acids is 1. The van der Waals surface area contributed by atoms with Gasteiger partial charge in [-0.05, 0) is 45.8 Å². The number of hydrogen-bond acceptors (Lipinski definition) is 3. The minimum atomic E-state index is -0.117. The summed E-state index contributed by atoms with van der Waals surface area (Å²) in [5.41, 5.74) is 2.12. The van der Waals surface area contributed by atoms with Crippen LogP contribution in [-0.2, 0) is 4.79 Å². The molecule has 2 aromatic rings. The molecule has 5 nitrogen and oxygen atoms in total. The lowest BCUT2D eigenvalue weighted by atomic mass is 10.0. The normalized spacial score (nSPS) is 19.5. The van der Waals surface area contributed by atoms with E-state index < -0.39 is 0 Å². The first-order valence-electron chi connectivity index (χ1n) is 8.65. The standard InChI is InChI=1S/C19H26N4O/c1-14(22(2)3)19(24)23-12-8-7-11-17(23)18-20-13-16(21-18)15-9-5-4-6-10-15/h4-6,9-10,13-14,17H,7-8,11-12H2,1-3H3,(H,20,21). The molecule has 3 rings (SSSR count). The average Bonchev–Trinajstić information content (AvgIpc) is 3.11. The second kappa shape index (κ2) is 7.18. The van der Waals surface area contributed by atoms with E-state index in [9.17, 15) is 4.79 Å². The van der Waals surface area contributed by atoms with Crippen LogP contribution >= 0.6 is 0 Å². The fourth-order valence-corrected chi connectivity index (χ4v) is 3.21. The molecule has 1 aliphatic heterocycles. The molecular formula is C19H26N4O. The highest BCUT2D eigenvalue weighted by atomic mass is 16.2. The molecule has 1 amide bonds. The van der Waals surface area contributed by atoms with E-state index >= 15 is 0 Å². The summed E-state index contributed by atoms with van der Waals surface area (Å²) in [6, 6.07) is 10.1. The first-order chi connectivity index (χ1) is 11.6. The second-order valence-corrected chi connectivity index (χ2v) is 6.73. The van der Waals surface area contributed by atoms with Gasteiger partial charge in [0.05, 0.1) is 24.0 Å². The molecule has 1 aromatic carbocycles. The fourth-order valence-electron chi connectivity index (χ4n) is 3.21. The van der Waals surface area contributed by atoms with Crippen LogP contribution in [0.2, 0.25) is 0 Å². The number of rotatable bonds is 4. The molecule has 1 aromatic heterocycles. The van der Waals surface area contributed by atoms with Gasteiger partial charge in [-0.25, -0.2) is 4.98 Å². The molecule has 2 atom stereocenters.